The van der Waals surface area contributed by atoms with Crippen LogP contribution in [0.2, 0.25) is 10.0 Å². The molecule has 26 heavy (non-hydrogen) atoms. The number of nitrogens with one attached hydrogen (secondary N) is 2. The van der Waals surface area contributed by atoms with E-state index < -0.39 is 17.6 Å². The highest BCUT2D eigenvalue weighted by atomic mass is 35.5. The lowest BCUT2D eigenvalue weighted by Gasteiger charge is -2.10. The number of carbonyl (C=O) groups excluding carboxylic acids is 1. The third-order valence-corrected chi connectivity index (χ3v) is 3.96. The number of alkyl halides is 3. The summed E-state index contributed by atoms with van der Waals surface area (Å²) >= 11 is 11.8. The summed E-state index contributed by atoms with van der Waals surface area (Å²) < 4.78 is 38.1. The molecular weight excluding hydrogens is 390 g/mol. The molecule has 0 heterocycles. The second-order valence-electron chi connectivity index (χ2n) is 4.95. The minimum atomic E-state index is -4.54. The molecule has 0 saturated carbocycles. The van der Waals surface area contributed by atoms with Crippen LogP contribution in [-0.2, 0) is 11.0 Å². The largest absolute Gasteiger partial charge is 0.416 e. The second kappa shape index (κ2) is 8.13. The number of nitriles is 1. The number of anilines is 2. The zero-order chi connectivity index (χ0) is 19.3. The molecule has 2 N–H and O–H groups in total. The smallest absolute Gasteiger partial charge is 0.359 e. The molecule has 0 aliphatic heterocycles. The van der Waals surface area contributed by atoms with Gasteiger partial charge >= 0.3 is 6.18 Å². The van der Waals surface area contributed by atoms with E-state index in [9.17, 15) is 18.0 Å². The van der Waals surface area contributed by atoms with Crippen molar-refractivity contribution in [1.29, 1.82) is 5.26 Å². The quantitative estimate of drug-likeness (QED) is 0.529. The van der Waals surface area contributed by atoms with Gasteiger partial charge in [0.05, 0.1) is 21.3 Å². The molecule has 2 aromatic rings. The van der Waals surface area contributed by atoms with Crippen LogP contribution in [-0.4, -0.2) is 5.91 Å². The van der Waals surface area contributed by atoms with E-state index in [1.165, 1.54) is 6.07 Å². The molecule has 0 spiro atoms. The van der Waals surface area contributed by atoms with Gasteiger partial charge in [0.15, 0.2) is 0 Å². The van der Waals surface area contributed by atoms with Crippen molar-refractivity contribution in [3.05, 3.63) is 69.8 Å². The van der Waals surface area contributed by atoms with Crippen LogP contribution in [0.15, 0.2) is 54.2 Å². The van der Waals surface area contributed by atoms with Crippen molar-refractivity contribution >= 4 is 40.5 Å². The lowest BCUT2D eigenvalue weighted by molar-refractivity contribution is -0.137. The number of rotatable bonds is 4. The van der Waals surface area contributed by atoms with Crippen molar-refractivity contribution < 1.29 is 18.0 Å². The van der Waals surface area contributed by atoms with Crippen molar-refractivity contribution in [3.8, 4) is 6.07 Å². The number of nitrogens with zero attached hydrogens (tertiary/aromatic N) is 1. The van der Waals surface area contributed by atoms with E-state index >= 15 is 0 Å². The Bertz CT molecular complexity index is 905. The van der Waals surface area contributed by atoms with Gasteiger partial charge in [0.1, 0.15) is 11.6 Å². The van der Waals surface area contributed by atoms with Crippen LogP contribution >= 0.6 is 23.2 Å². The molecule has 0 unspecified atom stereocenters. The fraction of sp³-hybridized carbons (Fsp3) is 0.0588. The maximum atomic E-state index is 12.7. The summed E-state index contributed by atoms with van der Waals surface area (Å²) in [5, 5.41) is 14.5. The Hall–Kier alpha value is -2.69. The number of carbonyl (C=O) groups is 1. The maximum absolute atomic E-state index is 12.7. The first-order chi connectivity index (χ1) is 12.2. The molecule has 0 atom stereocenters. The first-order valence-electron chi connectivity index (χ1n) is 7.02. The predicted molar refractivity (Wildman–Crippen MR) is 93.9 cm³/mol. The van der Waals surface area contributed by atoms with E-state index in [1.54, 1.807) is 24.3 Å². The van der Waals surface area contributed by atoms with Crippen molar-refractivity contribution in [1.82, 2.24) is 0 Å². The summed E-state index contributed by atoms with van der Waals surface area (Å²) in [5.74, 6) is -0.877. The molecule has 2 rings (SSSR count). The molecule has 0 fully saturated rings. The van der Waals surface area contributed by atoms with Gasteiger partial charge in [-0.15, -0.1) is 0 Å². The third-order valence-electron chi connectivity index (χ3n) is 3.14. The number of hydrogen-bond acceptors (Lipinski definition) is 3. The average Bonchev–Trinajstić information content (AvgIpc) is 2.58. The van der Waals surface area contributed by atoms with E-state index in [1.807, 2.05) is 0 Å². The Morgan fingerprint density at radius 1 is 1.15 bits per heavy atom. The van der Waals surface area contributed by atoms with Gasteiger partial charge in [0.25, 0.3) is 5.91 Å². The molecule has 0 bridgehead atoms. The van der Waals surface area contributed by atoms with E-state index in [2.05, 4.69) is 10.6 Å². The van der Waals surface area contributed by atoms with Gasteiger partial charge in [-0.3, -0.25) is 4.79 Å². The molecule has 0 saturated heterocycles. The van der Waals surface area contributed by atoms with Gasteiger partial charge in [0, 0.05) is 11.9 Å². The zero-order valence-corrected chi connectivity index (χ0v) is 14.4. The van der Waals surface area contributed by atoms with Crippen LogP contribution in [0, 0.1) is 11.3 Å². The predicted octanol–water partition coefficient (Wildman–Crippen LogP) is 5.47. The van der Waals surface area contributed by atoms with Crippen molar-refractivity contribution in [2.75, 3.05) is 10.6 Å². The van der Waals surface area contributed by atoms with Crippen LogP contribution in [0.5, 0.6) is 0 Å². The molecule has 0 aliphatic carbocycles. The number of halogens is 5. The van der Waals surface area contributed by atoms with Crippen LogP contribution in [0.3, 0.4) is 0 Å². The van der Waals surface area contributed by atoms with E-state index in [0.29, 0.717) is 5.69 Å². The summed E-state index contributed by atoms with van der Waals surface area (Å²) in [6.07, 6.45) is -3.46. The van der Waals surface area contributed by atoms with Crippen LogP contribution in [0.4, 0.5) is 24.5 Å². The zero-order valence-electron chi connectivity index (χ0n) is 12.9. The third kappa shape index (κ3) is 4.91. The summed E-state index contributed by atoms with van der Waals surface area (Å²) in [4.78, 5) is 12.1. The van der Waals surface area contributed by atoms with Gasteiger partial charge in [-0.05, 0) is 30.3 Å². The lowest BCUT2D eigenvalue weighted by Crippen LogP contribution is -2.15. The molecule has 9 heteroatoms. The fourth-order valence-electron chi connectivity index (χ4n) is 1.89. The SMILES string of the molecule is N#C/C(=C/Nc1cccc(Cl)c1Cl)C(=O)Nc1cccc(C(F)(F)F)c1. The molecule has 2 aromatic carbocycles. The average molecular weight is 400 g/mol. The van der Waals surface area contributed by atoms with Crippen LogP contribution < -0.4 is 10.6 Å². The van der Waals surface area contributed by atoms with E-state index in [4.69, 9.17) is 28.5 Å². The Morgan fingerprint density at radius 2 is 1.85 bits per heavy atom. The summed E-state index contributed by atoms with van der Waals surface area (Å²) in [6.45, 7) is 0. The molecule has 1 amide bonds. The number of hydrogen-bond donors (Lipinski definition) is 2. The Balaban J connectivity index is 2.17. The number of amides is 1. The fourth-order valence-corrected chi connectivity index (χ4v) is 2.24. The van der Waals surface area contributed by atoms with Gasteiger partial charge in [-0.25, -0.2) is 0 Å². The highest BCUT2D eigenvalue weighted by Gasteiger charge is 2.30. The second-order valence-corrected chi connectivity index (χ2v) is 5.73. The first-order valence-corrected chi connectivity index (χ1v) is 7.77. The monoisotopic (exact) mass is 399 g/mol. The normalized spacial score (nSPS) is 11.6. The lowest BCUT2D eigenvalue weighted by atomic mass is 10.2. The molecular formula is C17H10Cl2F3N3O. The van der Waals surface area contributed by atoms with E-state index in [-0.39, 0.29) is 21.3 Å². The standard InChI is InChI=1S/C17H10Cl2F3N3O/c18-13-5-2-6-14(15(13)19)24-9-10(8-23)16(26)25-12-4-1-3-11(7-12)17(20,21)22/h1-7,9,24H,(H,25,26)/b10-9-. The minimum Gasteiger partial charge on any atom is -0.359 e. The Kier molecular flexibility index (Phi) is 6.14. The van der Waals surface area contributed by atoms with Gasteiger partial charge in [-0.2, -0.15) is 18.4 Å². The number of benzene rings is 2. The highest BCUT2D eigenvalue weighted by Crippen LogP contribution is 2.31. The maximum Gasteiger partial charge on any atom is 0.416 e. The summed E-state index contributed by atoms with van der Waals surface area (Å²) in [5.41, 5.74) is -1.01. The molecule has 134 valence electrons. The first kappa shape index (κ1) is 19.6. The molecule has 0 aliphatic rings. The molecule has 4 nitrogen and oxygen atoms in total. The van der Waals surface area contributed by atoms with Crippen molar-refractivity contribution in [3.63, 3.8) is 0 Å². The van der Waals surface area contributed by atoms with Crippen molar-refractivity contribution in [2.24, 2.45) is 0 Å². The minimum absolute atomic E-state index is 0.0910. The highest BCUT2D eigenvalue weighted by molar-refractivity contribution is 6.43. The van der Waals surface area contributed by atoms with Gasteiger partial charge < -0.3 is 10.6 Å². The topological polar surface area (TPSA) is 64.9 Å². The summed E-state index contributed by atoms with van der Waals surface area (Å²) in [6, 6.07) is 10.5. The van der Waals surface area contributed by atoms with Crippen LogP contribution in [0.1, 0.15) is 5.56 Å². The van der Waals surface area contributed by atoms with Gasteiger partial charge in [0.2, 0.25) is 0 Å². The Morgan fingerprint density at radius 3 is 2.50 bits per heavy atom. The Labute approximate surface area is 156 Å². The van der Waals surface area contributed by atoms with Gasteiger partial charge in [-0.1, -0.05) is 35.3 Å². The van der Waals surface area contributed by atoms with Crippen LogP contribution in [0.25, 0.3) is 0 Å². The van der Waals surface area contributed by atoms with Crippen molar-refractivity contribution in [2.45, 2.75) is 6.18 Å². The summed E-state index contributed by atoms with van der Waals surface area (Å²) in [7, 11) is 0. The molecule has 0 radical (unpaired) electrons. The van der Waals surface area contributed by atoms with E-state index in [0.717, 1.165) is 24.4 Å². The molecule has 0 aromatic heterocycles.